The van der Waals surface area contributed by atoms with Gasteiger partial charge in [-0.2, -0.15) is 0 Å². The lowest BCUT2D eigenvalue weighted by molar-refractivity contribution is 0.588. The number of anilines is 1. The van der Waals surface area contributed by atoms with E-state index in [1.165, 1.54) is 0 Å². The van der Waals surface area contributed by atoms with E-state index < -0.39 is 0 Å². The topological polar surface area (TPSA) is 41.1 Å². The van der Waals surface area contributed by atoms with Gasteiger partial charge in [0.2, 0.25) is 5.28 Å². The van der Waals surface area contributed by atoms with Gasteiger partial charge in [0.1, 0.15) is 0 Å². The lowest BCUT2D eigenvalue weighted by atomic mass is 10.3. The minimum atomic E-state index is 0.189. The van der Waals surface area contributed by atoms with Crippen LogP contribution in [0.4, 0.5) is 5.69 Å². The number of halogens is 2. The van der Waals surface area contributed by atoms with Gasteiger partial charge >= 0.3 is 0 Å². The molecule has 0 aliphatic carbocycles. The molecule has 1 fully saturated rings. The summed E-state index contributed by atoms with van der Waals surface area (Å²) in [7, 11) is 0. The molecule has 1 aromatic heterocycles. The predicted molar refractivity (Wildman–Crippen MR) is 57.1 cm³/mol. The normalized spacial score (nSPS) is 17.1. The third-order valence-corrected chi connectivity index (χ3v) is 2.61. The van der Waals surface area contributed by atoms with Crippen LogP contribution >= 0.6 is 23.2 Å². The largest absolute Gasteiger partial charge is 0.365 e. The SMILES string of the molecule is Clc1ncc(N2CCNCC2)c(Cl)n1. The van der Waals surface area contributed by atoms with Crippen LogP contribution in [0.3, 0.4) is 0 Å². The van der Waals surface area contributed by atoms with Gasteiger partial charge in [0.05, 0.1) is 11.9 Å². The van der Waals surface area contributed by atoms with Gasteiger partial charge in [-0.05, 0) is 11.6 Å². The highest BCUT2D eigenvalue weighted by atomic mass is 35.5. The van der Waals surface area contributed by atoms with Crippen LogP contribution in [0.1, 0.15) is 0 Å². The average molecular weight is 233 g/mol. The molecule has 0 bridgehead atoms. The summed E-state index contributed by atoms with van der Waals surface area (Å²) in [5, 5.41) is 3.88. The summed E-state index contributed by atoms with van der Waals surface area (Å²) >= 11 is 11.6. The van der Waals surface area contributed by atoms with Crippen molar-refractivity contribution in [1.29, 1.82) is 0 Å². The van der Waals surface area contributed by atoms with Crippen LogP contribution in [-0.2, 0) is 0 Å². The van der Waals surface area contributed by atoms with Crippen LogP contribution in [0, 0.1) is 0 Å². The van der Waals surface area contributed by atoms with Gasteiger partial charge in [-0.25, -0.2) is 9.97 Å². The Bertz CT molecular complexity index is 325. The Balaban J connectivity index is 2.22. The van der Waals surface area contributed by atoms with Crippen molar-refractivity contribution in [3.8, 4) is 0 Å². The maximum atomic E-state index is 5.97. The van der Waals surface area contributed by atoms with E-state index >= 15 is 0 Å². The first-order valence-electron chi connectivity index (χ1n) is 4.41. The van der Waals surface area contributed by atoms with Crippen LogP contribution in [0.2, 0.25) is 10.4 Å². The molecule has 0 radical (unpaired) electrons. The highest BCUT2D eigenvalue weighted by molar-refractivity contribution is 6.33. The molecule has 0 spiro atoms. The Morgan fingerprint density at radius 1 is 1.29 bits per heavy atom. The molecule has 1 saturated heterocycles. The van der Waals surface area contributed by atoms with Crippen LogP contribution < -0.4 is 10.2 Å². The summed E-state index contributed by atoms with van der Waals surface area (Å²) in [6.45, 7) is 3.76. The van der Waals surface area contributed by atoms with E-state index in [-0.39, 0.29) is 5.28 Å². The van der Waals surface area contributed by atoms with E-state index in [1.54, 1.807) is 6.20 Å². The molecule has 0 amide bonds. The smallest absolute Gasteiger partial charge is 0.223 e. The zero-order valence-corrected chi connectivity index (χ0v) is 9.02. The molecule has 0 aromatic carbocycles. The maximum absolute atomic E-state index is 5.97. The second kappa shape index (κ2) is 4.29. The fraction of sp³-hybridized carbons (Fsp3) is 0.500. The summed E-state index contributed by atoms with van der Waals surface area (Å²) in [5.74, 6) is 0. The molecule has 1 aliphatic rings. The molecule has 2 heterocycles. The molecule has 76 valence electrons. The standard InChI is InChI=1S/C8H10Cl2N4/c9-7-6(5-12-8(10)13-7)14-3-1-11-2-4-14/h5,11H,1-4H2. The second-order valence-corrected chi connectivity index (χ2v) is 3.75. The molecule has 1 N–H and O–H groups in total. The summed E-state index contributed by atoms with van der Waals surface area (Å²) in [6.07, 6.45) is 1.67. The average Bonchev–Trinajstić information content (AvgIpc) is 2.19. The van der Waals surface area contributed by atoms with Crippen LogP contribution in [0.15, 0.2) is 6.20 Å². The van der Waals surface area contributed by atoms with E-state index in [2.05, 4.69) is 20.2 Å². The molecule has 0 unspecified atom stereocenters. The van der Waals surface area contributed by atoms with Crippen molar-refractivity contribution in [2.75, 3.05) is 31.1 Å². The summed E-state index contributed by atoms with van der Waals surface area (Å²) in [5.41, 5.74) is 0.859. The van der Waals surface area contributed by atoms with Gasteiger partial charge in [0.15, 0.2) is 5.15 Å². The molecule has 1 aliphatic heterocycles. The molecule has 14 heavy (non-hydrogen) atoms. The summed E-state index contributed by atoms with van der Waals surface area (Å²) in [4.78, 5) is 9.98. The zero-order chi connectivity index (χ0) is 9.97. The molecule has 4 nitrogen and oxygen atoms in total. The lowest BCUT2D eigenvalue weighted by Gasteiger charge is -2.29. The molecule has 6 heteroatoms. The lowest BCUT2D eigenvalue weighted by Crippen LogP contribution is -2.43. The fourth-order valence-corrected chi connectivity index (χ4v) is 1.88. The minimum Gasteiger partial charge on any atom is -0.365 e. The van der Waals surface area contributed by atoms with Crippen molar-refractivity contribution in [1.82, 2.24) is 15.3 Å². The van der Waals surface area contributed by atoms with E-state index in [4.69, 9.17) is 23.2 Å². The van der Waals surface area contributed by atoms with Crippen molar-refractivity contribution in [3.63, 3.8) is 0 Å². The van der Waals surface area contributed by atoms with Gasteiger partial charge in [-0.3, -0.25) is 0 Å². The maximum Gasteiger partial charge on any atom is 0.223 e. The number of nitrogens with one attached hydrogen (secondary N) is 1. The van der Waals surface area contributed by atoms with Crippen LogP contribution in [-0.4, -0.2) is 36.1 Å². The Hall–Kier alpha value is -0.580. The number of hydrogen-bond donors (Lipinski definition) is 1. The Morgan fingerprint density at radius 2 is 2.00 bits per heavy atom. The monoisotopic (exact) mass is 232 g/mol. The van der Waals surface area contributed by atoms with Crippen LogP contribution in [0.25, 0.3) is 0 Å². The quantitative estimate of drug-likeness (QED) is 0.584. The van der Waals surface area contributed by atoms with Crippen molar-refractivity contribution in [2.24, 2.45) is 0 Å². The molecular weight excluding hydrogens is 223 g/mol. The van der Waals surface area contributed by atoms with E-state index in [0.29, 0.717) is 5.15 Å². The molecular formula is C8H10Cl2N4. The molecule has 1 aromatic rings. The Kier molecular flexibility index (Phi) is 3.05. The third-order valence-electron chi connectivity index (χ3n) is 2.15. The highest BCUT2D eigenvalue weighted by Crippen LogP contribution is 2.23. The Labute approximate surface area is 92.2 Å². The van der Waals surface area contributed by atoms with E-state index in [9.17, 15) is 0 Å². The summed E-state index contributed by atoms with van der Waals surface area (Å²) in [6, 6.07) is 0. The van der Waals surface area contributed by atoms with Gasteiger partial charge in [-0.1, -0.05) is 11.6 Å². The molecule has 2 rings (SSSR count). The second-order valence-electron chi connectivity index (χ2n) is 3.05. The van der Waals surface area contributed by atoms with E-state index in [1.807, 2.05) is 0 Å². The van der Waals surface area contributed by atoms with Crippen molar-refractivity contribution >= 4 is 28.9 Å². The summed E-state index contributed by atoms with van der Waals surface area (Å²) < 4.78 is 0. The Morgan fingerprint density at radius 3 is 2.64 bits per heavy atom. The zero-order valence-electron chi connectivity index (χ0n) is 7.50. The van der Waals surface area contributed by atoms with Crippen molar-refractivity contribution in [3.05, 3.63) is 16.6 Å². The fourth-order valence-electron chi connectivity index (χ4n) is 1.45. The molecule has 0 atom stereocenters. The van der Waals surface area contributed by atoms with Gasteiger partial charge in [0, 0.05) is 26.2 Å². The van der Waals surface area contributed by atoms with Gasteiger partial charge < -0.3 is 10.2 Å². The predicted octanol–water partition coefficient (Wildman–Crippen LogP) is 1.19. The number of piperazine rings is 1. The number of nitrogens with zero attached hydrogens (tertiary/aromatic N) is 3. The number of rotatable bonds is 1. The number of aromatic nitrogens is 2. The minimum absolute atomic E-state index is 0.189. The van der Waals surface area contributed by atoms with Gasteiger partial charge in [-0.15, -0.1) is 0 Å². The number of hydrogen-bond acceptors (Lipinski definition) is 4. The van der Waals surface area contributed by atoms with Gasteiger partial charge in [0.25, 0.3) is 0 Å². The third kappa shape index (κ3) is 2.08. The van der Waals surface area contributed by atoms with Crippen molar-refractivity contribution < 1.29 is 0 Å². The first kappa shape index (κ1) is 9.96. The molecule has 0 saturated carbocycles. The first-order chi connectivity index (χ1) is 6.77. The van der Waals surface area contributed by atoms with E-state index in [0.717, 1.165) is 31.9 Å². The first-order valence-corrected chi connectivity index (χ1v) is 5.16. The highest BCUT2D eigenvalue weighted by Gasteiger charge is 2.14. The van der Waals surface area contributed by atoms with Crippen LogP contribution in [0.5, 0.6) is 0 Å². The van der Waals surface area contributed by atoms with Crippen molar-refractivity contribution in [2.45, 2.75) is 0 Å².